The Hall–Kier alpha value is -0.150. The van der Waals surface area contributed by atoms with Gasteiger partial charge in [0.2, 0.25) is 0 Å². The lowest BCUT2D eigenvalue weighted by atomic mass is 10.3. The van der Waals surface area contributed by atoms with Gasteiger partial charge in [-0.25, -0.2) is 4.39 Å². The van der Waals surface area contributed by atoms with Crippen LogP contribution >= 0.6 is 0 Å². The van der Waals surface area contributed by atoms with Crippen molar-refractivity contribution < 1.29 is 4.39 Å². The number of nitrogens with one attached hydrogen (secondary N) is 1. The summed E-state index contributed by atoms with van der Waals surface area (Å²) in [5.41, 5.74) is 0. The second kappa shape index (κ2) is 3.30. The first-order valence-electron chi connectivity index (χ1n) is 3.79. The van der Waals surface area contributed by atoms with Crippen LogP contribution in [0.5, 0.6) is 0 Å². The standard InChI is InChI=1S/C7H15FN2/c1-6(9-2)10-4-3-7(8)5-10/h6-7,9H,3-5H2,1-2H3/t6?,7-/m1/s1. The lowest BCUT2D eigenvalue weighted by Gasteiger charge is -2.22. The van der Waals surface area contributed by atoms with E-state index in [9.17, 15) is 4.39 Å². The van der Waals surface area contributed by atoms with Crippen molar-refractivity contribution in [3.8, 4) is 0 Å². The summed E-state index contributed by atoms with van der Waals surface area (Å²) < 4.78 is 12.6. The Bertz CT molecular complexity index is 108. The molecule has 0 aromatic carbocycles. The summed E-state index contributed by atoms with van der Waals surface area (Å²) in [4.78, 5) is 2.12. The van der Waals surface area contributed by atoms with Crippen LogP contribution < -0.4 is 5.32 Å². The van der Waals surface area contributed by atoms with Crippen LogP contribution in [0.25, 0.3) is 0 Å². The second-order valence-electron chi connectivity index (χ2n) is 2.85. The minimum atomic E-state index is -0.601. The number of halogens is 1. The first kappa shape index (κ1) is 7.95. The van der Waals surface area contributed by atoms with E-state index >= 15 is 0 Å². The summed E-state index contributed by atoms with van der Waals surface area (Å²) in [6.45, 7) is 3.54. The molecule has 0 aromatic rings. The third kappa shape index (κ3) is 1.67. The molecule has 10 heavy (non-hydrogen) atoms. The highest BCUT2D eigenvalue weighted by atomic mass is 19.1. The van der Waals surface area contributed by atoms with Crippen molar-refractivity contribution >= 4 is 0 Å². The van der Waals surface area contributed by atoms with E-state index in [4.69, 9.17) is 0 Å². The molecule has 0 radical (unpaired) electrons. The first-order valence-corrected chi connectivity index (χ1v) is 3.79. The Morgan fingerprint density at radius 1 is 1.70 bits per heavy atom. The molecule has 1 aliphatic heterocycles. The summed E-state index contributed by atoms with van der Waals surface area (Å²) in [5, 5.41) is 3.09. The van der Waals surface area contributed by atoms with E-state index in [1.807, 2.05) is 7.05 Å². The molecule has 0 aromatic heterocycles. The van der Waals surface area contributed by atoms with Crippen LogP contribution in [0.15, 0.2) is 0 Å². The number of hydrogen-bond acceptors (Lipinski definition) is 2. The van der Waals surface area contributed by atoms with Crippen LogP contribution in [0.4, 0.5) is 4.39 Å². The fraction of sp³-hybridized carbons (Fsp3) is 1.00. The molecule has 1 unspecified atom stereocenters. The summed E-state index contributed by atoms with van der Waals surface area (Å²) in [6.07, 6.45) is 0.419. The van der Waals surface area contributed by atoms with Crippen molar-refractivity contribution in [1.82, 2.24) is 10.2 Å². The van der Waals surface area contributed by atoms with Crippen molar-refractivity contribution in [2.45, 2.75) is 25.7 Å². The number of nitrogens with zero attached hydrogens (tertiary/aromatic N) is 1. The monoisotopic (exact) mass is 146 g/mol. The van der Waals surface area contributed by atoms with E-state index in [1.54, 1.807) is 0 Å². The summed E-state index contributed by atoms with van der Waals surface area (Å²) in [5.74, 6) is 0. The zero-order valence-electron chi connectivity index (χ0n) is 6.60. The van der Waals surface area contributed by atoms with E-state index in [1.165, 1.54) is 0 Å². The van der Waals surface area contributed by atoms with Gasteiger partial charge in [0.15, 0.2) is 0 Å². The molecule has 1 N–H and O–H groups in total. The van der Waals surface area contributed by atoms with Gasteiger partial charge in [0, 0.05) is 13.1 Å². The zero-order chi connectivity index (χ0) is 7.56. The molecular formula is C7H15FN2. The second-order valence-corrected chi connectivity index (χ2v) is 2.85. The zero-order valence-corrected chi connectivity index (χ0v) is 6.60. The minimum absolute atomic E-state index is 0.320. The van der Waals surface area contributed by atoms with E-state index in [0.29, 0.717) is 19.1 Å². The van der Waals surface area contributed by atoms with Gasteiger partial charge in [0.1, 0.15) is 6.17 Å². The topological polar surface area (TPSA) is 15.3 Å². The third-order valence-corrected chi connectivity index (χ3v) is 2.13. The lowest BCUT2D eigenvalue weighted by molar-refractivity contribution is 0.211. The van der Waals surface area contributed by atoms with Crippen LogP contribution in [-0.2, 0) is 0 Å². The van der Waals surface area contributed by atoms with Crippen LogP contribution in [0.2, 0.25) is 0 Å². The molecule has 60 valence electrons. The van der Waals surface area contributed by atoms with Crippen molar-refractivity contribution in [3.63, 3.8) is 0 Å². The van der Waals surface area contributed by atoms with Gasteiger partial charge in [0.05, 0.1) is 6.17 Å². The van der Waals surface area contributed by atoms with Gasteiger partial charge in [-0.15, -0.1) is 0 Å². The SMILES string of the molecule is CNC(C)N1CC[C@@H](F)C1. The van der Waals surface area contributed by atoms with Gasteiger partial charge in [-0.2, -0.15) is 0 Å². The molecule has 0 bridgehead atoms. The molecule has 0 saturated carbocycles. The highest BCUT2D eigenvalue weighted by Gasteiger charge is 2.24. The molecule has 2 atom stereocenters. The van der Waals surface area contributed by atoms with Gasteiger partial charge >= 0.3 is 0 Å². The van der Waals surface area contributed by atoms with Crippen LogP contribution in [0, 0.1) is 0 Å². The predicted octanol–water partition coefficient (Wildman–Crippen LogP) is 0.596. The highest BCUT2D eigenvalue weighted by molar-refractivity contribution is 4.77. The highest BCUT2D eigenvalue weighted by Crippen LogP contribution is 2.13. The fourth-order valence-corrected chi connectivity index (χ4v) is 1.28. The maximum Gasteiger partial charge on any atom is 0.114 e. The molecule has 3 heteroatoms. The van der Waals surface area contributed by atoms with Crippen molar-refractivity contribution in [2.75, 3.05) is 20.1 Å². The smallest absolute Gasteiger partial charge is 0.114 e. The van der Waals surface area contributed by atoms with Crippen molar-refractivity contribution in [1.29, 1.82) is 0 Å². The quantitative estimate of drug-likeness (QED) is 0.613. The number of likely N-dealkylation sites (tertiary alicyclic amines) is 1. The van der Waals surface area contributed by atoms with Crippen LogP contribution in [0.1, 0.15) is 13.3 Å². The van der Waals surface area contributed by atoms with E-state index in [2.05, 4.69) is 17.1 Å². The van der Waals surface area contributed by atoms with Gasteiger partial charge in [0.25, 0.3) is 0 Å². The van der Waals surface area contributed by atoms with Crippen LogP contribution in [0.3, 0.4) is 0 Å². The Labute approximate surface area is 61.4 Å². The third-order valence-electron chi connectivity index (χ3n) is 2.13. The summed E-state index contributed by atoms with van der Waals surface area (Å²) in [6, 6.07) is 0. The number of rotatable bonds is 2. The molecule has 0 amide bonds. The van der Waals surface area contributed by atoms with Crippen LogP contribution in [-0.4, -0.2) is 37.4 Å². The van der Waals surface area contributed by atoms with Gasteiger partial charge in [-0.3, -0.25) is 4.90 Å². The Morgan fingerprint density at radius 2 is 2.40 bits per heavy atom. The fourth-order valence-electron chi connectivity index (χ4n) is 1.28. The van der Waals surface area contributed by atoms with Gasteiger partial charge < -0.3 is 5.32 Å². The number of alkyl halides is 1. The molecule has 0 aliphatic carbocycles. The molecule has 1 fully saturated rings. The molecule has 1 rings (SSSR count). The van der Waals surface area contributed by atoms with E-state index in [0.717, 1.165) is 6.54 Å². The summed E-state index contributed by atoms with van der Waals surface area (Å²) >= 11 is 0. The lowest BCUT2D eigenvalue weighted by Crippen LogP contribution is -2.40. The maximum absolute atomic E-state index is 12.6. The average Bonchev–Trinajstić information content (AvgIpc) is 2.34. The average molecular weight is 146 g/mol. The van der Waals surface area contributed by atoms with Crippen molar-refractivity contribution in [2.24, 2.45) is 0 Å². The molecule has 0 spiro atoms. The van der Waals surface area contributed by atoms with Gasteiger partial charge in [-0.05, 0) is 20.4 Å². The molecule has 1 heterocycles. The largest absolute Gasteiger partial charge is 0.305 e. The van der Waals surface area contributed by atoms with E-state index < -0.39 is 6.17 Å². The predicted molar refractivity (Wildman–Crippen MR) is 39.6 cm³/mol. The Balaban J connectivity index is 2.29. The summed E-state index contributed by atoms with van der Waals surface area (Å²) in [7, 11) is 1.90. The molecule has 1 aliphatic rings. The Kier molecular flexibility index (Phi) is 2.63. The van der Waals surface area contributed by atoms with Gasteiger partial charge in [-0.1, -0.05) is 0 Å². The number of hydrogen-bond donors (Lipinski definition) is 1. The molecule has 1 saturated heterocycles. The molecular weight excluding hydrogens is 131 g/mol. The van der Waals surface area contributed by atoms with E-state index in [-0.39, 0.29) is 0 Å². The first-order chi connectivity index (χ1) is 4.74. The minimum Gasteiger partial charge on any atom is -0.305 e. The van der Waals surface area contributed by atoms with Crippen molar-refractivity contribution in [3.05, 3.63) is 0 Å². The normalized spacial score (nSPS) is 30.9. The molecule has 2 nitrogen and oxygen atoms in total. The maximum atomic E-state index is 12.6. The Morgan fingerprint density at radius 3 is 2.80 bits per heavy atom.